The Kier molecular flexibility index (Phi) is 7.70. The van der Waals surface area contributed by atoms with Crippen molar-refractivity contribution in [2.75, 3.05) is 52.5 Å². The fourth-order valence-electron chi connectivity index (χ4n) is 3.80. The Bertz CT molecular complexity index is 479. The molecule has 0 radical (unpaired) electrons. The van der Waals surface area contributed by atoms with E-state index in [9.17, 15) is 5.11 Å². The molecule has 5 nitrogen and oxygen atoms in total. The SMILES string of the molecule is OC(COCc1ccccc1)CN1CCCCC1CN1CCOCC1. The van der Waals surface area contributed by atoms with E-state index in [1.165, 1.54) is 19.3 Å². The van der Waals surface area contributed by atoms with Crippen molar-refractivity contribution in [3.63, 3.8) is 0 Å². The van der Waals surface area contributed by atoms with E-state index in [-0.39, 0.29) is 0 Å². The second-order valence-electron chi connectivity index (χ2n) is 7.21. The Labute approximate surface area is 151 Å². The van der Waals surface area contributed by atoms with Crippen molar-refractivity contribution in [3.8, 4) is 0 Å². The van der Waals surface area contributed by atoms with Gasteiger partial charge in [0, 0.05) is 32.2 Å². The van der Waals surface area contributed by atoms with Crippen LogP contribution in [0.15, 0.2) is 30.3 Å². The Morgan fingerprint density at radius 1 is 1.12 bits per heavy atom. The highest BCUT2D eigenvalue weighted by molar-refractivity contribution is 5.13. The van der Waals surface area contributed by atoms with Gasteiger partial charge in [0.15, 0.2) is 0 Å². The third-order valence-electron chi connectivity index (χ3n) is 5.19. The van der Waals surface area contributed by atoms with E-state index in [1.807, 2.05) is 18.2 Å². The Morgan fingerprint density at radius 3 is 2.72 bits per heavy atom. The predicted octanol–water partition coefficient (Wildman–Crippen LogP) is 1.75. The van der Waals surface area contributed by atoms with Gasteiger partial charge in [-0.2, -0.15) is 0 Å². The van der Waals surface area contributed by atoms with Crippen molar-refractivity contribution in [3.05, 3.63) is 35.9 Å². The summed E-state index contributed by atoms with van der Waals surface area (Å²) in [4.78, 5) is 4.97. The van der Waals surface area contributed by atoms with Gasteiger partial charge in [-0.25, -0.2) is 0 Å². The lowest BCUT2D eigenvalue weighted by molar-refractivity contribution is -0.0169. The highest BCUT2D eigenvalue weighted by Crippen LogP contribution is 2.19. The molecule has 2 heterocycles. The molecule has 2 unspecified atom stereocenters. The van der Waals surface area contributed by atoms with E-state index >= 15 is 0 Å². The molecular weight excluding hydrogens is 316 g/mol. The maximum atomic E-state index is 10.4. The summed E-state index contributed by atoms with van der Waals surface area (Å²) in [6, 6.07) is 10.7. The number of piperidine rings is 1. The molecule has 0 spiro atoms. The lowest BCUT2D eigenvalue weighted by Crippen LogP contribution is -2.51. The van der Waals surface area contributed by atoms with Crippen LogP contribution < -0.4 is 0 Å². The zero-order valence-electron chi connectivity index (χ0n) is 15.2. The molecule has 2 fully saturated rings. The molecule has 0 aliphatic carbocycles. The summed E-state index contributed by atoms with van der Waals surface area (Å²) in [6.45, 7) is 7.63. The Morgan fingerprint density at radius 2 is 1.92 bits per heavy atom. The van der Waals surface area contributed by atoms with Crippen LogP contribution in [0.3, 0.4) is 0 Å². The third kappa shape index (κ3) is 6.35. The van der Waals surface area contributed by atoms with Crippen LogP contribution in [0.4, 0.5) is 0 Å². The normalized spacial score (nSPS) is 24.3. The first-order chi connectivity index (χ1) is 12.3. The maximum absolute atomic E-state index is 10.4. The van der Waals surface area contributed by atoms with E-state index in [1.54, 1.807) is 0 Å². The summed E-state index contributed by atoms with van der Waals surface area (Å²) in [6.07, 6.45) is 3.34. The van der Waals surface area contributed by atoms with Crippen LogP contribution in [0.25, 0.3) is 0 Å². The van der Waals surface area contributed by atoms with Crippen molar-refractivity contribution in [2.24, 2.45) is 0 Å². The number of rotatable bonds is 8. The van der Waals surface area contributed by atoms with E-state index < -0.39 is 6.10 Å². The topological polar surface area (TPSA) is 45.2 Å². The number of ether oxygens (including phenoxy) is 2. The molecule has 5 heteroatoms. The van der Waals surface area contributed by atoms with Gasteiger partial charge in [-0.1, -0.05) is 36.8 Å². The van der Waals surface area contributed by atoms with Crippen LogP contribution in [0.1, 0.15) is 24.8 Å². The van der Waals surface area contributed by atoms with Gasteiger partial charge >= 0.3 is 0 Å². The Balaban J connectivity index is 1.40. The summed E-state index contributed by atoms with van der Waals surface area (Å²) in [5.41, 5.74) is 1.15. The zero-order chi connectivity index (χ0) is 17.3. The second kappa shape index (κ2) is 10.2. The van der Waals surface area contributed by atoms with Crippen LogP contribution >= 0.6 is 0 Å². The van der Waals surface area contributed by atoms with Crippen LogP contribution in [-0.2, 0) is 16.1 Å². The molecule has 2 aliphatic rings. The molecule has 0 amide bonds. The molecule has 0 saturated carbocycles. The van der Waals surface area contributed by atoms with Crippen LogP contribution in [0.2, 0.25) is 0 Å². The Hall–Kier alpha value is -0.980. The van der Waals surface area contributed by atoms with Gasteiger partial charge in [-0.15, -0.1) is 0 Å². The van der Waals surface area contributed by atoms with Gasteiger partial charge in [0.1, 0.15) is 0 Å². The largest absolute Gasteiger partial charge is 0.389 e. The fourth-order valence-corrected chi connectivity index (χ4v) is 3.80. The monoisotopic (exact) mass is 348 g/mol. The first-order valence-electron chi connectivity index (χ1n) is 9.65. The van der Waals surface area contributed by atoms with E-state index in [0.717, 1.165) is 45.0 Å². The summed E-state index contributed by atoms with van der Waals surface area (Å²) >= 11 is 0. The van der Waals surface area contributed by atoms with Crippen molar-refractivity contribution >= 4 is 0 Å². The van der Waals surface area contributed by atoms with E-state index in [2.05, 4.69) is 21.9 Å². The minimum Gasteiger partial charge on any atom is -0.389 e. The molecule has 2 saturated heterocycles. The second-order valence-corrected chi connectivity index (χ2v) is 7.21. The molecule has 25 heavy (non-hydrogen) atoms. The average molecular weight is 348 g/mol. The predicted molar refractivity (Wildman–Crippen MR) is 98.6 cm³/mol. The fraction of sp³-hybridized carbons (Fsp3) is 0.700. The van der Waals surface area contributed by atoms with Gasteiger partial charge in [0.2, 0.25) is 0 Å². The number of aliphatic hydroxyl groups excluding tert-OH is 1. The van der Waals surface area contributed by atoms with Crippen molar-refractivity contribution < 1.29 is 14.6 Å². The third-order valence-corrected chi connectivity index (χ3v) is 5.19. The summed E-state index contributed by atoms with van der Waals surface area (Å²) in [5, 5.41) is 10.4. The average Bonchev–Trinajstić information content (AvgIpc) is 2.65. The standard InChI is InChI=1S/C20H32N2O3/c23-20(17-25-16-18-6-2-1-3-7-18)15-22-9-5-4-8-19(22)14-21-10-12-24-13-11-21/h1-3,6-7,19-20,23H,4-5,8-17H2. The summed E-state index contributed by atoms with van der Waals surface area (Å²) in [5.74, 6) is 0. The molecule has 140 valence electrons. The number of morpholine rings is 1. The molecule has 1 N–H and O–H groups in total. The van der Waals surface area contributed by atoms with Gasteiger partial charge in [0.25, 0.3) is 0 Å². The lowest BCUT2D eigenvalue weighted by atomic mass is 10.0. The lowest BCUT2D eigenvalue weighted by Gasteiger charge is -2.40. The van der Waals surface area contributed by atoms with Crippen LogP contribution in [0.5, 0.6) is 0 Å². The number of aliphatic hydroxyl groups is 1. The molecular formula is C20H32N2O3. The molecule has 1 aromatic carbocycles. The van der Waals surface area contributed by atoms with Gasteiger partial charge in [0.05, 0.1) is 32.5 Å². The van der Waals surface area contributed by atoms with Crippen molar-refractivity contribution in [2.45, 2.75) is 38.0 Å². The maximum Gasteiger partial charge on any atom is 0.0900 e. The molecule has 0 bridgehead atoms. The van der Waals surface area contributed by atoms with Crippen molar-refractivity contribution in [1.29, 1.82) is 0 Å². The number of hydrogen-bond donors (Lipinski definition) is 1. The summed E-state index contributed by atoms with van der Waals surface area (Å²) < 4.78 is 11.2. The van der Waals surface area contributed by atoms with Gasteiger partial charge in [-0.3, -0.25) is 9.80 Å². The number of β-amino-alcohol motifs (C(OH)–C–C–N with tert-alkyl or cyclic N) is 1. The van der Waals surface area contributed by atoms with Gasteiger partial charge < -0.3 is 14.6 Å². The number of benzene rings is 1. The van der Waals surface area contributed by atoms with Crippen molar-refractivity contribution in [1.82, 2.24) is 9.80 Å². The first-order valence-corrected chi connectivity index (χ1v) is 9.65. The molecule has 3 rings (SSSR count). The van der Waals surface area contributed by atoms with E-state index in [0.29, 0.717) is 25.8 Å². The number of nitrogens with zero attached hydrogens (tertiary/aromatic N) is 2. The quantitative estimate of drug-likeness (QED) is 0.775. The minimum atomic E-state index is -0.422. The van der Waals surface area contributed by atoms with Crippen LogP contribution in [0, 0.1) is 0 Å². The zero-order valence-corrected chi connectivity index (χ0v) is 15.2. The molecule has 0 aromatic heterocycles. The molecule has 2 aliphatic heterocycles. The van der Waals surface area contributed by atoms with Gasteiger partial charge in [-0.05, 0) is 24.9 Å². The highest BCUT2D eigenvalue weighted by Gasteiger charge is 2.26. The smallest absolute Gasteiger partial charge is 0.0900 e. The minimum absolute atomic E-state index is 0.398. The highest BCUT2D eigenvalue weighted by atomic mass is 16.5. The molecule has 2 atom stereocenters. The summed E-state index contributed by atoms with van der Waals surface area (Å²) in [7, 11) is 0. The van der Waals surface area contributed by atoms with E-state index in [4.69, 9.17) is 9.47 Å². The first kappa shape index (κ1) is 18.8. The number of hydrogen-bond acceptors (Lipinski definition) is 5. The number of likely N-dealkylation sites (tertiary alicyclic amines) is 1. The molecule has 1 aromatic rings. The van der Waals surface area contributed by atoms with Crippen LogP contribution in [-0.4, -0.2) is 79.6 Å².